The summed E-state index contributed by atoms with van der Waals surface area (Å²) in [6, 6.07) is 0. The lowest BCUT2D eigenvalue weighted by Crippen LogP contribution is -2.60. The second kappa shape index (κ2) is 37.0. The van der Waals surface area contributed by atoms with Gasteiger partial charge in [-0.15, -0.1) is 0 Å². The van der Waals surface area contributed by atoms with E-state index in [1.54, 1.807) is 0 Å². The molecule has 0 radical (unpaired) electrons. The van der Waals surface area contributed by atoms with Crippen LogP contribution < -0.4 is 5.73 Å². The average molecular weight is 786 g/mol. The molecular formula is C45H87NO9. The van der Waals surface area contributed by atoms with E-state index >= 15 is 0 Å². The van der Waals surface area contributed by atoms with Crippen molar-refractivity contribution < 1.29 is 43.9 Å². The van der Waals surface area contributed by atoms with Crippen LogP contribution in [-0.2, 0) is 28.5 Å². The van der Waals surface area contributed by atoms with Gasteiger partial charge in [-0.1, -0.05) is 194 Å². The molecule has 1 unspecified atom stereocenters. The highest BCUT2D eigenvalue weighted by Gasteiger charge is 2.44. The fraction of sp³-hybridized carbons (Fsp3) is 0.956. The molecule has 10 heteroatoms. The van der Waals surface area contributed by atoms with E-state index in [0.717, 1.165) is 38.5 Å². The van der Waals surface area contributed by atoms with E-state index in [4.69, 9.17) is 24.7 Å². The molecule has 1 saturated heterocycles. The molecule has 1 heterocycles. The van der Waals surface area contributed by atoms with E-state index in [9.17, 15) is 24.9 Å². The van der Waals surface area contributed by atoms with Gasteiger partial charge in [-0.25, -0.2) is 0 Å². The molecule has 55 heavy (non-hydrogen) atoms. The topological polar surface area (TPSA) is 158 Å². The van der Waals surface area contributed by atoms with Crippen molar-refractivity contribution in [2.24, 2.45) is 5.73 Å². The number of aliphatic hydroxyl groups excluding tert-OH is 3. The summed E-state index contributed by atoms with van der Waals surface area (Å²) in [7, 11) is 0. The number of esters is 2. The number of rotatable bonds is 39. The van der Waals surface area contributed by atoms with Gasteiger partial charge in [0.15, 0.2) is 12.4 Å². The summed E-state index contributed by atoms with van der Waals surface area (Å²) in [6.07, 6.45) is 30.4. The van der Waals surface area contributed by atoms with E-state index in [-0.39, 0.29) is 32.1 Å². The van der Waals surface area contributed by atoms with Crippen LogP contribution in [0.3, 0.4) is 0 Å². The fourth-order valence-electron chi connectivity index (χ4n) is 7.35. The van der Waals surface area contributed by atoms with Gasteiger partial charge in [-0.05, 0) is 12.8 Å². The summed E-state index contributed by atoms with van der Waals surface area (Å²) >= 11 is 0. The molecule has 326 valence electrons. The standard InChI is InChI=1S/C45H87NO9/c1-3-5-7-9-11-13-15-17-18-19-20-22-24-26-28-30-32-34-41(48)54-38(37-53-45-44(51)43(50)42(49)39(35-46)55-45)36-52-40(47)33-31-29-27-25-23-21-16-14-12-10-8-6-4-2/h38-39,42-45,49-51H,3-37,46H2,1-2H3/t38?,39-,42-,43+,44-,45+/m1/s1. The molecule has 0 bridgehead atoms. The minimum absolute atomic E-state index is 0.0839. The second-order valence-corrected chi connectivity index (χ2v) is 16.3. The molecular weight excluding hydrogens is 698 g/mol. The van der Waals surface area contributed by atoms with Gasteiger partial charge in [0.1, 0.15) is 31.0 Å². The molecule has 1 aliphatic rings. The normalized spacial score (nSPS) is 20.4. The van der Waals surface area contributed by atoms with Crippen LogP contribution in [0.25, 0.3) is 0 Å². The van der Waals surface area contributed by atoms with Gasteiger partial charge in [0, 0.05) is 19.4 Å². The number of carbonyl (C=O) groups is 2. The Bertz CT molecular complexity index is 875. The molecule has 1 rings (SSSR count). The van der Waals surface area contributed by atoms with Crippen LogP contribution >= 0.6 is 0 Å². The number of hydrogen-bond acceptors (Lipinski definition) is 10. The summed E-state index contributed by atoms with van der Waals surface area (Å²) in [6.45, 7) is 4.02. The third-order valence-electron chi connectivity index (χ3n) is 11.0. The van der Waals surface area contributed by atoms with Crippen molar-refractivity contribution in [3.8, 4) is 0 Å². The highest BCUT2D eigenvalue weighted by Crippen LogP contribution is 2.22. The Labute approximate surface area is 336 Å². The quantitative estimate of drug-likeness (QED) is 0.0349. The molecule has 1 aliphatic heterocycles. The van der Waals surface area contributed by atoms with Crippen LogP contribution in [0.2, 0.25) is 0 Å². The first-order valence-corrected chi connectivity index (χ1v) is 23.2. The number of carbonyl (C=O) groups excluding carboxylic acids is 2. The third kappa shape index (κ3) is 28.7. The Balaban J connectivity index is 2.29. The summed E-state index contributed by atoms with van der Waals surface area (Å²) in [5.74, 6) is -0.754. The maximum absolute atomic E-state index is 12.8. The highest BCUT2D eigenvalue weighted by molar-refractivity contribution is 5.70. The predicted molar refractivity (Wildman–Crippen MR) is 222 cm³/mol. The lowest BCUT2D eigenvalue weighted by Gasteiger charge is -2.40. The van der Waals surface area contributed by atoms with Crippen molar-refractivity contribution in [3.05, 3.63) is 0 Å². The van der Waals surface area contributed by atoms with Gasteiger partial charge in [0.05, 0.1) is 6.61 Å². The van der Waals surface area contributed by atoms with Gasteiger partial charge in [0.2, 0.25) is 0 Å². The van der Waals surface area contributed by atoms with Crippen LogP contribution in [0.5, 0.6) is 0 Å². The molecule has 1 fully saturated rings. The molecule has 0 aromatic rings. The van der Waals surface area contributed by atoms with Crippen LogP contribution in [0.1, 0.15) is 219 Å². The Morgan fingerprint density at radius 2 is 0.873 bits per heavy atom. The zero-order valence-electron chi connectivity index (χ0n) is 35.6. The number of unbranched alkanes of at least 4 members (excludes halogenated alkanes) is 28. The zero-order valence-corrected chi connectivity index (χ0v) is 35.6. The zero-order chi connectivity index (χ0) is 40.2. The van der Waals surface area contributed by atoms with Gasteiger partial charge in [0.25, 0.3) is 0 Å². The van der Waals surface area contributed by atoms with E-state index in [1.807, 2.05) is 0 Å². The predicted octanol–water partition coefficient (Wildman–Crippen LogP) is 9.75. The molecule has 6 atom stereocenters. The monoisotopic (exact) mass is 786 g/mol. The SMILES string of the molecule is CCCCCCCCCCCCCCCCCCCC(=O)OC(COC(=O)CCCCCCCCCCCCCCC)CO[C@H]1O[C@H](CN)[C@@H](O)[C@H](O)[C@H]1O. The number of aliphatic hydroxyl groups is 3. The van der Waals surface area contributed by atoms with Crippen molar-refractivity contribution in [1.82, 2.24) is 0 Å². The van der Waals surface area contributed by atoms with Crippen molar-refractivity contribution in [3.63, 3.8) is 0 Å². The number of ether oxygens (including phenoxy) is 4. The molecule has 10 nitrogen and oxygen atoms in total. The number of hydrogen-bond donors (Lipinski definition) is 4. The maximum atomic E-state index is 12.8. The van der Waals surface area contributed by atoms with Gasteiger partial charge < -0.3 is 40.0 Å². The van der Waals surface area contributed by atoms with E-state index in [2.05, 4.69) is 13.8 Å². The Hall–Kier alpha value is -1.30. The molecule has 0 spiro atoms. The van der Waals surface area contributed by atoms with Crippen molar-refractivity contribution >= 4 is 11.9 Å². The highest BCUT2D eigenvalue weighted by atomic mass is 16.7. The first-order chi connectivity index (χ1) is 26.8. The lowest BCUT2D eigenvalue weighted by atomic mass is 9.99. The molecule has 0 aromatic carbocycles. The van der Waals surface area contributed by atoms with Crippen molar-refractivity contribution in [2.45, 2.75) is 256 Å². The third-order valence-corrected chi connectivity index (χ3v) is 11.0. The Kier molecular flexibility index (Phi) is 34.8. The first kappa shape index (κ1) is 51.7. The van der Waals surface area contributed by atoms with E-state index in [0.29, 0.717) is 6.42 Å². The van der Waals surface area contributed by atoms with Crippen molar-refractivity contribution in [2.75, 3.05) is 19.8 Å². The summed E-state index contributed by atoms with van der Waals surface area (Å²) in [5, 5.41) is 30.7. The molecule has 0 saturated carbocycles. The van der Waals surface area contributed by atoms with Gasteiger partial charge >= 0.3 is 11.9 Å². The van der Waals surface area contributed by atoms with Crippen LogP contribution in [0, 0.1) is 0 Å². The minimum Gasteiger partial charge on any atom is -0.462 e. The van der Waals surface area contributed by atoms with Crippen molar-refractivity contribution in [1.29, 1.82) is 0 Å². The maximum Gasteiger partial charge on any atom is 0.306 e. The summed E-state index contributed by atoms with van der Waals surface area (Å²) in [5.41, 5.74) is 5.65. The minimum atomic E-state index is -1.53. The van der Waals surface area contributed by atoms with Crippen LogP contribution in [0.15, 0.2) is 0 Å². The van der Waals surface area contributed by atoms with E-state index in [1.165, 1.54) is 154 Å². The largest absolute Gasteiger partial charge is 0.462 e. The Morgan fingerprint density at radius 3 is 1.25 bits per heavy atom. The summed E-state index contributed by atoms with van der Waals surface area (Å²) < 4.78 is 22.4. The molecule has 5 N–H and O–H groups in total. The molecule has 0 amide bonds. The molecule has 0 aromatic heterocycles. The summed E-state index contributed by atoms with van der Waals surface area (Å²) in [4.78, 5) is 25.3. The van der Waals surface area contributed by atoms with E-state index < -0.39 is 42.8 Å². The second-order valence-electron chi connectivity index (χ2n) is 16.3. The lowest BCUT2D eigenvalue weighted by molar-refractivity contribution is -0.299. The average Bonchev–Trinajstić information content (AvgIpc) is 3.18. The van der Waals surface area contributed by atoms with Crippen LogP contribution in [0.4, 0.5) is 0 Å². The molecule has 0 aliphatic carbocycles. The fourth-order valence-corrected chi connectivity index (χ4v) is 7.35. The van der Waals surface area contributed by atoms with Gasteiger partial charge in [-0.3, -0.25) is 9.59 Å². The smallest absolute Gasteiger partial charge is 0.306 e. The van der Waals surface area contributed by atoms with Gasteiger partial charge in [-0.2, -0.15) is 0 Å². The first-order valence-electron chi connectivity index (χ1n) is 23.2. The number of nitrogens with two attached hydrogens (primary N) is 1. The Morgan fingerprint density at radius 1 is 0.509 bits per heavy atom. The van der Waals surface area contributed by atoms with Crippen LogP contribution in [-0.4, -0.2) is 83.8 Å².